The molecule has 30 heavy (non-hydrogen) atoms. The number of piperidine rings is 1. The van der Waals surface area contributed by atoms with Crippen LogP contribution in [0.2, 0.25) is 0 Å². The van der Waals surface area contributed by atoms with Crippen molar-refractivity contribution in [2.45, 2.75) is 57.5 Å². The molecule has 1 N–H and O–H groups in total. The summed E-state index contributed by atoms with van der Waals surface area (Å²) in [5, 5.41) is 2.85. The van der Waals surface area contributed by atoms with E-state index in [1.807, 2.05) is 4.90 Å². The molecule has 0 radical (unpaired) electrons. The average Bonchev–Trinajstić information content (AvgIpc) is 2.95. The van der Waals surface area contributed by atoms with Crippen LogP contribution in [0.4, 0.5) is 13.6 Å². The predicted molar refractivity (Wildman–Crippen MR) is 108 cm³/mol. The van der Waals surface area contributed by atoms with Crippen LogP contribution in [0.25, 0.3) is 11.0 Å². The van der Waals surface area contributed by atoms with E-state index in [-0.39, 0.29) is 35.8 Å². The summed E-state index contributed by atoms with van der Waals surface area (Å²) < 4.78 is 37.2. The van der Waals surface area contributed by atoms with Crippen molar-refractivity contribution in [3.63, 3.8) is 0 Å². The molecular weight excluding hydrogens is 394 g/mol. The molecule has 2 aromatic heterocycles. The van der Waals surface area contributed by atoms with Crippen molar-refractivity contribution in [1.29, 1.82) is 0 Å². The lowest BCUT2D eigenvalue weighted by atomic mass is 9.95. The molecule has 162 valence electrons. The number of hydrogen-bond acceptors (Lipinski definition) is 5. The fourth-order valence-electron chi connectivity index (χ4n) is 4.34. The molecule has 0 spiro atoms. The van der Waals surface area contributed by atoms with Crippen molar-refractivity contribution in [1.82, 2.24) is 19.8 Å². The SMILES string of the molecule is CC(C)(C)OC(=O)NC1CCN(CC2(F)Cn3c(=O)ccc4ncc(F)c2c43)CC1. The minimum Gasteiger partial charge on any atom is -0.444 e. The number of halogens is 2. The minimum absolute atomic E-state index is 0.0245. The molecule has 1 amide bonds. The van der Waals surface area contributed by atoms with Crippen molar-refractivity contribution in [3.05, 3.63) is 40.1 Å². The standard InChI is InChI=1S/C21H26F2N4O3/c1-20(2,3)30-19(29)25-13-6-8-26(9-7-13)11-21(23)12-27-16(28)5-4-15-18(27)17(21)14(22)10-24-15/h4-5,10,13H,6-9,11-12H2,1-3H3,(H,25,29). The number of pyridine rings is 2. The van der Waals surface area contributed by atoms with Crippen LogP contribution in [-0.2, 0) is 17.0 Å². The second-order valence-corrected chi connectivity index (χ2v) is 9.13. The Morgan fingerprint density at radius 2 is 2.03 bits per heavy atom. The molecule has 4 rings (SSSR count). The summed E-state index contributed by atoms with van der Waals surface area (Å²) in [7, 11) is 0. The minimum atomic E-state index is -2.01. The van der Waals surface area contributed by atoms with Crippen LogP contribution in [0.5, 0.6) is 0 Å². The van der Waals surface area contributed by atoms with Gasteiger partial charge in [-0.05, 0) is 39.7 Å². The van der Waals surface area contributed by atoms with Crippen LogP contribution in [0, 0.1) is 5.82 Å². The molecule has 2 aromatic rings. The van der Waals surface area contributed by atoms with E-state index in [1.165, 1.54) is 16.7 Å². The lowest BCUT2D eigenvalue weighted by molar-refractivity contribution is 0.0422. The molecular formula is C21H26F2N4O3. The molecule has 2 aliphatic heterocycles. The highest BCUT2D eigenvalue weighted by atomic mass is 19.1. The number of rotatable bonds is 3. The number of carbonyl (C=O) groups excluding carboxylic acids is 1. The molecule has 0 aliphatic carbocycles. The van der Waals surface area contributed by atoms with Gasteiger partial charge in [-0.25, -0.2) is 13.6 Å². The van der Waals surface area contributed by atoms with Gasteiger partial charge < -0.3 is 14.6 Å². The van der Waals surface area contributed by atoms with Gasteiger partial charge in [-0.15, -0.1) is 0 Å². The highest BCUT2D eigenvalue weighted by Gasteiger charge is 2.45. The third kappa shape index (κ3) is 3.90. The van der Waals surface area contributed by atoms with Gasteiger partial charge >= 0.3 is 6.09 Å². The normalized spacial score (nSPS) is 22.4. The van der Waals surface area contributed by atoms with Crippen LogP contribution in [0.15, 0.2) is 23.1 Å². The second kappa shape index (κ2) is 7.30. The van der Waals surface area contributed by atoms with Crippen molar-refractivity contribution in [2.75, 3.05) is 19.6 Å². The summed E-state index contributed by atoms with van der Waals surface area (Å²) in [6.45, 7) is 6.25. The van der Waals surface area contributed by atoms with Crippen molar-refractivity contribution in [3.8, 4) is 0 Å². The van der Waals surface area contributed by atoms with E-state index in [4.69, 9.17) is 4.74 Å². The largest absolute Gasteiger partial charge is 0.444 e. The Hall–Kier alpha value is -2.55. The average molecular weight is 420 g/mol. The van der Waals surface area contributed by atoms with Crippen LogP contribution < -0.4 is 10.9 Å². The molecule has 1 fully saturated rings. The van der Waals surface area contributed by atoms with E-state index in [2.05, 4.69) is 10.3 Å². The van der Waals surface area contributed by atoms with Gasteiger partial charge in [0.1, 0.15) is 11.4 Å². The van der Waals surface area contributed by atoms with Crippen molar-refractivity contribution in [2.24, 2.45) is 0 Å². The zero-order chi connectivity index (χ0) is 21.7. The van der Waals surface area contributed by atoms with E-state index < -0.39 is 23.2 Å². The molecule has 9 heteroatoms. The van der Waals surface area contributed by atoms with E-state index in [9.17, 15) is 14.0 Å². The zero-order valence-electron chi connectivity index (χ0n) is 17.4. The van der Waals surface area contributed by atoms with Gasteiger partial charge in [0.25, 0.3) is 5.56 Å². The zero-order valence-corrected chi connectivity index (χ0v) is 17.4. The molecule has 4 heterocycles. The maximum Gasteiger partial charge on any atom is 0.407 e. The quantitative estimate of drug-likeness (QED) is 0.826. The Kier molecular flexibility index (Phi) is 5.04. The maximum atomic E-state index is 16.0. The molecule has 1 saturated heterocycles. The van der Waals surface area contributed by atoms with Gasteiger partial charge in [-0.1, -0.05) is 0 Å². The smallest absolute Gasteiger partial charge is 0.407 e. The molecule has 1 unspecified atom stereocenters. The number of carbonyl (C=O) groups is 1. The summed E-state index contributed by atoms with van der Waals surface area (Å²) in [5.74, 6) is -0.733. The molecule has 2 aliphatic rings. The third-order valence-electron chi connectivity index (χ3n) is 5.59. The summed E-state index contributed by atoms with van der Waals surface area (Å²) in [5.41, 5.74) is -2.38. The van der Waals surface area contributed by atoms with Crippen LogP contribution in [-0.4, -0.2) is 51.8 Å². The van der Waals surface area contributed by atoms with Gasteiger partial charge in [0.05, 0.1) is 29.3 Å². The Balaban J connectivity index is 1.45. The third-order valence-corrected chi connectivity index (χ3v) is 5.59. The highest BCUT2D eigenvalue weighted by molar-refractivity contribution is 5.81. The molecule has 1 atom stereocenters. The number of nitrogens with one attached hydrogen (secondary N) is 1. The van der Waals surface area contributed by atoms with Gasteiger partial charge in [0.15, 0.2) is 5.67 Å². The number of likely N-dealkylation sites (tertiary alicyclic amines) is 1. The summed E-state index contributed by atoms with van der Waals surface area (Å²) >= 11 is 0. The number of amides is 1. The number of ether oxygens (including phenoxy) is 1. The Morgan fingerprint density at radius 1 is 1.33 bits per heavy atom. The van der Waals surface area contributed by atoms with Crippen molar-refractivity contribution < 1.29 is 18.3 Å². The van der Waals surface area contributed by atoms with Gasteiger partial charge in [-0.3, -0.25) is 14.7 Å². The highest BCUT2D eigenvalue weighted by Crippen LogP contribution is 2.40. The fourth-order valence-corrected chi connectivity index (χ4v) is 4.34. The number of aromatic nitrogens is 2. The lowest BCUT2D eigenvalue weighted by Crippen LogP contribution is -2.49. The lowest BCUT2D eigenvalue weighted by Gasteiger charge is -2.36. The molecule has 7 nitrogen and oxygen atoms in total. The first-order chi connectivity index (χ1) is 14.1. The predicted octanol–water partition coefficient (Wildman–Crippen LogP) is 2.70. The summed E-state index contributed by atoms with van der Waals surface area (Å²) in [6, 6.07) is 2.77. The van der Waals surface area contributed by atoms with Crippen LogP contribution >= 0.6 is 0 Å². The van der Waals surface area contributed by atoms with E-state index in [0.717, 1.165) is 6.20 Å². The monoisotopic (exact) mass is 420 g/mol. The number of nitrogens with zero attached hydrogens (tertiary/aromatic N) is 3. The number of alkyl carbamates (subject to hydrolysis) is 1. The van der Waals surface area contributed by atoms with Crippen molar-refractivity contribution >= 4 is 17.1 Å². The Morgan fingerprint density at radius 3 is 2.70 bits per heavy atom. The van der Waals surface area contributed by atoms with Gasteiger partial charge in [0, 0.05) is 31.7 Å². The Labute approximate surface area is 173 Å². The molecule has 0 aromatic carbocycles. The first-order valence-electron chi connectivity index (χ1n) is 10.2. The fraction of sp³-hybridized carbons (Fsp3) is 0.571. The maximum absolute atomic E-state index is 16.0. The first-order valence-corrected chi connectivity index (χ1v) is 10.2. The van der Waals surface area contributed by atoms with Gasteiger partial charge in [0.2, 0.25) is 0 Å². The summed E-state index contributed by atoms with van der Waals surface area (Å²) in [6.07, 6.45) is 1.82. The van der Waals surface area contributed by atoms with Crippen LogP contribution in [0.3, 0.4) is 0 Å². The van der Waals surface area contributed by atoms with E-state index in [1.54, 1.807) is 20.8 Å². The number of hydrogen-bond donors (Lipinski definition) is 1. The number of alkyl halides is 1. The second-order valence-electron chi connectivity index (χ2n) is 9.13. The molecule has 0 saturated carbocycles. The van der Waals surface area contributed by atoms with Crippen LogP contribution in [0.1, 0.15) is 39.2 Å². The Bertz CT molecular complexity index is 1040. The van der Waals surface area contributed by atoms with Gasteiger partial charge in [-0.2, -0.15) is 0 Å². The topological polar surface area (TPSA) is 76.5 Å². The summed E-state index contributed by atoms with van der Waals surface area (Å²) in [4.78, 5) is 30.1. The van der Waals surface area contributed by atoms with E-state index in [0.29, 0.717) is 31.4 Å². The van der Waals surface area contributed by atoms with E-state index >= 15 is 4.39 Å². The first kappa shape index (κ1) is 20.7. The molecule has 0 bridgehead atoms.